The molecule has 2 aromatic rings. The minimum Gasteiger partial charge on any atom is -0.412 e. The van der Waals surface area contributed by atoms with Crippen molar-refractivity contribution >= 4 is 5.91 Å². The minimum atomic E-state index is -0.740. The number of hydrogen-bond donors (Lipinski definition) is 1. The molecular weight excluding hydrogens is 352 g/mol. The number of nitrogens with zero attached hydrogens (tertiary/aromatic N) is 2. The maximum atomic E-state index is 13.4. The lowest BCUT2D eigenvalue weighted by atomic mass is 9.76. The molecule has 144 valence electrons. The van der Waals surface area contributed by atoms with Crippen LogP contribution in [0.4, 0.5) is 8.78 Å². The van der Waals surface area contributed by atoms with E-state index in [2.05, 4.69) is 15.2 Å². The highest BCUT2D eigenvalue weighted by Gasteiger charge is 2.42. The number of aromatic nitrogens is 1. The third kappa shape index (κ3) is 4.14. The Labute approximate surface area is 156 Å². The summed E-state index contributed by atoms with van der Waals surface area (Å²) in [6.07, 6.45) is 6.46. The number of benzene rings is 1. The van der Waals surface area contributed by atoms with Crippen LogP contribution in [0.2, 0.25) is 0 Å². The van der Waals surface area contributed by atoms with Gasteiger partial charge in [0.2, 0.25) is 0 Å². The molecule has 3 N–H and O–H groups in total. The van der Waals surface area contributed by atoms with Crippen LogP contribution < -0.4 is 5.32 Å². The summed E-state index contributed by atoms with van der Waals surface area (Å²) in [6.45, 7) is 2.05. The van der Waals surface area contributed by atoms with E-state index in [1.807, 2.05) is 18.3 Å². The molecule has 2 atom stereocenters. The molecule has 1 aromatic carbocycles. The number of nitrogens with one attached hydrogen (secondary N) is 1. The van der Waals surface area contributed by atoms with Gasteiger partial charge >= 0.3 is 0 Å². The van der Waals surface area contributed by atoms with Crippen molar-refractivity contribution in [3.8, 4) is 0 Å². The van der Waals surface area contributed by atoms with Crippen molar-refractivity contribution in [2.24, 2.45) is 5.92 Å². The fraction of sp³-hybridized carbons (Fsp3) is 0.400. The molecule has 1 amide bonds. The van der Waals surface area contributed by atoms with Crippen LogP contribution in [0, 0.1) is 17.6 Å². The first-order valence-electron chi connectivity index (χ1n) is 9.00. The lowest BCUT2D eigenvalue weighted by Crippen LogP contribution is -2.64. The number of carbonyl (C=O) groups is 1. The van der Waals surface area contributed by atoms with Gasteiger partial charge in [-0.25, -0.2) is 8.78 Å². The third-order valence-corrected chi connectivity index (χ3v) is 5.56. The van der Waals surface area contributed by atoms with Crippen molar-refractivity contribution in [2.75, 3.05) is 13.1 Å². The predicted molar refractivity (Wildman–Crippen MR) is 97.3 cm³/mol. The van der Waals surface area contributed by atoms with Gasteiger partial charge in [0.1, 0.15) is 11.6 Å². The van der Waals surface area contributed by atoms with Gasteiger partial charge in [-0.3, -0.25) is 14.7 Å². The quantitative estimate of drug-likeness (QED) is 0.888. The van der Waals surface area contributed by atoms with Crippen LogP contribution in [0.1, 0.15) is 28.8 Å². The van der Waals surface area contributed by atoms with E-state index in [9.17, 15) is 13.6 Å². The summed E-state index contributed by atoms with van der Waals surface area (Å²) in [7, 11) is 0. The Morgan fingerprint density at radius 3 is 2.52 bits per heavy atom. The summed E-state index contributed by atoms with van der Waals surface area (Å²) in [4.78, 5) is 19.2. The maximum Gasteiger partial charge on any atom is 0.251 e. The fourth-order valence-corrected chi connectivity index (χ4v) is 4.30. The van der Waals surface area contributed by atoms with E-state index in [4.69, 9.17) is 0 Å². The molecule has 0 saturated carbocycles. The lowest BCUT2D eigenvalue weighted by Gasteiger charge is -2.51. The predicted octanol–water partition coefficient (Wildman–Crippen LogP) is 1.97. The first-order chi connectivity index (χ1) is 12.6. The van der Waals surface area contributed by atoms with E-state index in [1.54, 1.807) is 6.20 Å². The highest BCUT2D eigenvalue weighted by molar-refractivity contribution is 5.94. The molecule has 4 heterocycles. The molecule has 5 rings (SSSR count). The van der Waals surface area contributed by atoms with Gasteiger partial charge < -0.3 is 10.8 Å². The van der Waals surface area contributed by atoms with Gasteiger partial charge in [0, 0.05) is 36.1 Å². The van der Waals surface area contributed by atoms with E-state index in [-0.39, 0.29) is 23.1 Å². The molecule has 5 nitrogen and oxygen atoms in total. The average Bonchev–Trinajstić information content (AvgIpc) is 2.64. The Morgan fingerprint density at radius 1 is 1.19 bits per heavy atom. The van der Waals surface area contributed by atoms with Crippen molar-refractivity contribution in [3.05, 3.63) is 65.5 Å². The molecule has 2 unspecified atom stereocenters. The van der Waals surface area contributed by atoms with Crippen LogP contribution in [0.25, 0.3) is 0 Å². The Bertz CT molecular complexity index is 775. The van der Waals surface area contributed by atoms with E-state index in [0.29, 0.717) is 5.92 Å². The van der Waals surface area contributed by atoms with Crippen molar-refractivity contribution in [3.63, 3.8) is 0 Å². The standard InChI is InChI=1S/C20H21F2N3O.H2O/c21-16-9-15(10-17(22)11-16)20(26)24-19-14-3-6-25(7-4-14)18(19)8-13-2-1-5-23-12-13;/h1-2,5,9-12,14,18-19H,3-4,6-8H2,(H,24,26);1H2. The second-order valence-electron chi connectivity index (χ2n) is 7.16. The van der Waals surface area contributed by atoms with Crippen molar-refractivity contribution < 1.29 is 19.1 Å². The normalized spacial score (nSPS) is 26.3. The first kappa shape index (κ1) is 19.4. The van der Waals surface area contributed by atoms with Crippen molar-refractivity contribution in [1.82, 2.24) is 15.2 Å². The summed E-state index contributed by atoms with van der Waals surface area (Å²) in [5, 5.41) is 3.06. The second kappa shape index (κ2) is 8.10. The van der Waals surface area contributed by atoms with Gasteiger partial charge in [0.25, 0.3) is 5.91 Å². The van der Waals surface area contributed by atoms with Crippen molar-refractivity contribution in [2.45, 2.75) is 31.3 Å². The number of rotatable bonds is 4. The zero-order chi connectivity index (χ0) is 18.1. The van der Waals surface area contributed by atoms with Crippen LogP contribution >= 0.6 is 0 Å². The van der Waals surface area contributed by atoms with Crippen LogP contribution in [0.15, 0.2) is 42.7 Å². The van der Waals surface area contributed by atoms with Gasteiger partial charge in [0.15, 0.2) is 0 Å². The molecule has 0 spiro atoms. The minimum absolute atomic E-state index is 0. The number of fused-ring (bicyclic) bond motifs is 3. The Balaban J connectivity index is 0.00000210. The van der Waals surface area contributed by atoms with Gasteiger partial charge in [-0.15, -0.1) is 0 Å². The highest BCUT2D eigenvalue weighted by atomic mass is 19.1. The average molecular weight is 375 g/mol. The van der Waals surface area contributed by atoms with Crippen LogP contribution in [-0.4, -0.2) is 46.4 Å². The Hall–Kier alpha value is -2.38. The number of halogens is 2. The van der Waals surface area contributed by atoms with E-state index in [0.717, 1.165) is 56.1 Å². The lowest BCUT2D eigenvalue weighted by molar-refractivity contribution is 0.0136. The number of hydrogen-bond acceptors (Lipinski definition) is 3. The smallest absolute Gasteiger partial charge is 0.251 e. The number of amides is 1. The number of piperidine rings is 3. The van der Waals surface area contributed by atoms with Gasteiger partial charge in [-0.05, 0) is 62.0 Å². The molecular formula is C20H23F2N3O2. The summed E-state index contributed by atoms with van der Waals surface area (Å²) in [5.74, 6) is -1.51. The van der Waals surface area contributed by atoms with Gasteiger partial charge in [-0.1, -0.05) is 6.07 Å². The first-order valence-corrected chi connectivity index (χ1v) is 9.00. The molecule has 1 aromatic heterocycles. The van der Waals surface area contributed by atoms with Crippen LogP contribution in [0.5, 0.6) is 0 Å². The summed E-state index contributed by atoms with van der Waals surface area (Å²) >= 11 is 0. The van der Waals surface area contributed by atoms with Gasteiger partial charge in [0.05, 0.1) is 0 Å². The zero-order valence-corrected chi connectivity index (χ0v) is 14.9. The van der Waals surface area contributed by atoms with Gasteiger partial charge in [-0.2, -0.15) is 0 Å². The molecule has 0 aliphatic carbocycles. The third-order valence-electron chi connectivity index (χ3n) is 5.56. The van der Waals surface area contributed by atoms with E-state index in [1.165, 1.54) is 0 Å². The van der Waals surface area contributed by atoms with Crippen LogP contribution in [-0.2, 0) is 6.42 Å². The molecule has 2 bridgehead atoms. The monoisotopic (exact) mass is 375 g/mol. The topological polar surface area (TPSA) is 76.7 Å². The SMILES string of the molecule is O.O=C(NC1C2CCN(CC2)C1Cc1cccnc1)c1cc(F)cc(F)c1. The number of carbonyl (C=O) groups excluding carboxylic acids is 1. The maximum absolute atomic E-state index is 13.4. The number of pyridine rings is 1. The summed E-state index contributed by atoms with van der Waals surface area (Å²) in [5.41, 5.74) is 1.15. The molecule has 3 aliphatic heterocycles. The molecule has 3 fully saturated rings. The Morgan fingerprint density at radius 2 is 1.89 bits per heavy atom. The highest BCUT2D eigenvalue weighted by Crippen LogP contribution is 2.34. The largest absolute Gasteiger partial charge is 0.412 e. The molecule has 3 saturated heterocycles. The summed E-state index contributed by atoms with van der Waals surface area (Å²) in [6, 6.07) is 7.03. The molecule has 3 aliphatic rings. The van der Waals surface area contributed by atoms with E-state index < -0.39 is 17.5 Å². The van der Waals surface area contributed by atoms with E-state index >= 15 is 0 Å². The van der Waals surface area contributed by atoms with Crippen LogP contribution in [0.3, 0.4) is 0 Å². The molecule has 0 radical (unpaired) electrons. The molecule has 27 heavy (non-hydrogen) atoms. The zero-order valence-electron chi connectivity index (χ0n) is 14.9. The molecule has 7 heteroatoms. The summed E-state index contributed by atoms with van der Waals surface area (Å²) < 4.78 is 26.9. The Kier molecular flexibility index (Phi) is 5.82. The second-order valence-corrected chi connectivity index (χ2v) is 7.16. The van der Waals surface area contributed by atoms with Crippen molar-refractivity contribution in [1.29, 1.82) is 0 Å². The fourth-order valence-electron chi connectivity index (χ4n) is 4.30.